The molecule has 1 aromatic rings. The van der Waals surface area contributed by atoms with Gasteiger partial charge in [-0.1, -0.05) is 0 Å². The van der Waals surface area contributed by atoms with E-state index in [1.807, 2.05) is 0 Å². The Morgan fingerprint density at radius 2 is 1.06 bits per heavy atom. The third kappa shape index (κ3) is 4.64. The summed E-state index contributed by atoms with van der Waals surface area (Å²) in [5, 5.41) is 42.4. The molecule has 0 spiro atoms. The molecule has 0 aromatic heterocycles. The zero-order valence-electron chi connectivity index (χ0n) is 8.81. The number of benzene rings is 1. The summed E-state index contributed by atoms with van der Waals surface area (Å²) in [6.07, 6.45) is 0. The molecule has 2 N–H and O–H groups in total. The Kier molecular flexibility index (Phi) is 9.83. The monoisotopic (exact) mass is 244 g/mol. The fourth-order valence-electron chi connectivity index (χ4n) is 0.811. The molecule has 10 heteroatoms. The van der Waals surface area contributed by atoms with Gasteiger partial charge in [-0.2, -0.15) is 0 Å². The largest absolute Gasteiger partial charge is 0.592 e. The second-order valence-corrected chi connectivity index (χ2v) is 2.24. The molecule has 1 aromatic carbocycles. The fraction of sp³-hybridized carbons (Fsp3) is 0. The Labute approximate surface area is 135 Å². The van der Waals surface area contributed by atoms with Crippen molar-refractivity contribution in [2.24, 2.45) is 10.6 Å². The van der Waals surface area contributed by atoms with Gasteiger partial charge in [-0.3, -0.25) is 0 Å². The summed E-state index contributed by atoms with van der Waals surface area (Å²) < 4.78 is 0. The number of nitrogens with zero attached hydrogens (tertiary/aromatic N) is 4. The van der Waals surface area contributed by atoms with Crippen LogP contribution in [0.5, 0.6) is 0 Å². The molecule has 76 valence electrons. The Morgan fingerprint density at radius 1 is 0.812 bits per heavy atom. The van der Waals surface area contributed by atoms with Crippen molar-refractivity contribution in [3.05, 3.63) is 34.7 Å². The molecule has 0 aliphatic heterocycles. The molecular formula is C6H6N4Na2O4. The van der Waals surface area contributed by atoms with Gasteiger partial charge in [-0.15, -0.1) is 0 Å². The first kappa shape index (κ1) is 18.0. The van der Waals surface area contributed by atoms with Gasteiger partial charge in [0.25, 0.3) is 0 Å². The molecule has 0 atom stereocenters. The standard InChI is InChI=1S/C6H6N4O4.2Na/c11-7-9(13)5-1-2-6(4-3-5)10(14)8-12;;/h1-4,11-12H;;/b9-7-,10-8-;;. The summed E-state index contributed by atoms with van der Waals surface area (Å²) in [7, 11) is 0. The predicted molar refractivity (Wildman–Crippen MR) is 53.0 cm³/mol. The van der Waals surface area contributed by atoms with Crippen LogP contribution < -0.4 is 0 Å². The summed E-state index contributed by atoms with van der Waals surface area (Å²) in [6.45, 7) is 0. The van der Waals surface area contributed by atoms with Gasteiger partial charge in [0, 0.05) is 83.4 Å². The van der Waals surface area contributed by atoms with Gasteiger partial charge >= 0.3 is 0 Å². The molecule has 16 heavy (non-hydrogen) atoms. The van der Waals surface area contributed by atoms with E-state index in [4.69, 9.17) is 10.4 Å². The molecule has 0 unspecified atom stereocenters. The van der Waals surface area contributed by atoms with Gasteiger partial charge < -0.3 is 20.8 Å². The number of hydrogen-bond acceptors (Lipinski definition) is 4. The van der Waals surface area contributed by atoms with Crippen molar-refractivity contribution < 1.29 is 20.1 Å². The fourth-order valence-corrected chi connectivity index (χ4v) is 0.811. The van der Waals surface area contributed by atoms with Crippen LogP contribution in [0.4, 0.5) is 11.4 Å². The van der Waals surface area contributed by atoms with E-state index in [0.717, 1.165) is 0 Å². The van der Waals surface area contributed by atoms with Gasteiger partial charge in [-0.25, -0.2) is 0 Å². The van der Waals surface area contributed by atoms with Gasteiger partial charge in [0.15, 0.2) is 0 Å². The van der Waals surface area contributed by atoms with Gasteiger partial charge in [0.05, 0.1) is 0 Å². The zero-order chi connectivity index (χ0) is 10.6. The Bertz CT molecular complexity index is 344. The maximum atomic E-state index is 10.7. The molecule has 0 saturated heterocycles. The SMILES string of the molecule is [Na].[Na].[O-]/[N+](=N\O)c1ccc(/[N+]([O-])=N/O)cc1. The van der Waals surface area contributed by atoms with Crippen LogP contribution >= 0.6 is 0 Å². The summed E-state index contributed by atoms with van der Waals surface area (Å²) in [5.41, 5.74) is 0.0881. The second kappa shape index (κ2) is 8.74. The molecule has 0 fully saturated rings. The van der Waals surface area contributed by atoms with Crippen LogP contribution in [0.25, 0.3) is 0 Å². The summed E-state index contributed by atoms with van der Waals surface area (Å²) in [6, 6.07) is 4.94. The first-order valence-electron chi connectivity index (χ1n) is 3.43. The van der Waals surface area contributed by atoms with Crippen molar-refractivity contribution >= 4 is 70.5 Å². The Hall–Kier alpha value is -0.380. The van der Waals surface area contributed by atoms with E-state index in [2.05, 4.69) is 10.6 Å². The van der Waals surface area contributed by atoms with E-state index in [0.29, 0.717) is 0 Å². The molecule has 0 saturated carbocycles. The van der Waals surface area contributed by atoms with Crippen LogP contribution in [0.15, 0.2) is 34.8 Å². The molecule has 0 amide bonds. The third-order valence-electron chi connectivity index (χ3n) is 1.45. The Balaban J connectivity index is 0. The molecule has 0 aliphatic rings. The smallest absolute Gasteiger partial charge is 0.248 e. The maximum Gasteiger partial charge on any atom is 0.248 e. The van der Waals surface area contributed by atoms with Crippen LogP contribution in [0, 0.1) is 10.4 Å². The van der Waals surface area contributed by atoms with Crippen LogP contribution in [0.1, 0.15) is 0 Å². The molecule has 0 aliphatic carbocycles. The molecule has 2 radical (unpaired) electrons. The molecule has 0 heterocycles. The average molecular weight is 244 g/mol. The summed E-state index contributed by atoms with van der Waals surface area (Å²) >= 11 is 0. The van der Waals surface area contributed by atoms with Crippen LogP contribution in [0.3, 0.4) is 0 Å². The number of rotatable bonds is 2. The number of hydrogen-bond donors (Lipinski definition) is 2. The van der Waals surface area contributed by atoms with E-state index in [1.54, 1.807) is 0 Å². The van der Waals surface area contributed by atoms with Crippen molar-refractivity contribution in [1.82, 2.24) is 0 Å². The maximum absolute atomic E-state index is 10.7. The van der Waals surface area contributed by atoms with Crippen LogP contribution in [-0.2, 0) is 0 Å². The van der Waals surface area contributed by atoms with Crippen molar-refractivity contribution in [3.63, 3.8) is 0 Å². The van der Waals surface area contributed by atoms with E-state index in [1.165, 1.54) is 24.3 Å². The normalized spacial score (nSPS) is 11.2. The van der Waals surface area contributed by atoms with Crippen LogP contribution in [-0.4, -0.2) is 79.3 Å². The van der Waals surface area contributed by atoms with E-state index in [9.17, 15) is 10.4 Å². The van der Waals surface area contributed by atoms with Gasteiger partial charge in [-0.05, 0) is 9.72 Å². The van der Waals surface area contributed by atoms with Gasteiger partial charge in [0.1, 0.15) is 0 Å². The first-order valence-corrected chi connectivity index (χ1v) is 3.43. The minimum atomic E-state index is -0.0327. The molecule has 0 bridgehead atoms. The third-order valence-corrected chi connectivity index (χ3v) is 1.45. The van der Waals surface area contributed by atoms with Crippen molar-refractivity contribution in [1.29, 1.82) is 0 Å². The topological polar surface area (TPSA) is 117 Å². The molecular weight excluding hydrogens is 238 g/mol. The van der Waals surface area contributed by atoms with Gasteiger partial charge in [0.2, 0.25) is 21.9 Å². The van der Waals surface area contributed by atoms with E-state index in [-0.39, 0.29) is 80.2 Å². The minimum absolute atomic E-state index is 0. The second-order valence-electron chi connectivity index (χ2n) is 2.24. The molecule has 1 rings (SSSR count). The quantitative estimate of drug-likeness (QED) is 0.347. The van der Waals surface area contributed by atoms with E-state index < -0.39 is 0 Å². The molecule has 8 nitrogen and oxygen atoms in total. The summed E-state index contributed by atoms with van der Waals surface area (Å²) in [5.74, 6) is 0. The average Bonchev–Trinajstić information content (AvgIpc) is 2.27. The Morgan fingerprint density at radius 3 is 1.25 bits per heavy atom. The first-order chi connectivity index (χ1) is 6.69. The zero-order valence-corrected chi connectivity index (χ0v) is 12.8. The van der Waals surface area contributed by atoms with E-state index >= 15 is 0 Å². The van der Waals surface area contributed by atoms with Crippen molar-refractivity contribution in [2.45, 2.75) is 0 Å². The minimum Gasteiger partial charge on any atom is -0.592 e. The van der Waals surface area contributed by atoms with Crippen LogP contribution in [0.2, 0.25) is 0 Å². The predicted octanol–water partition coefficient (Wildman–Crippen LogP) is 0.891. The summed E-state index contributed by atoms with van der Waals surface area (Å²) in [4.78, 5) is -0.0655. The van der Waals surface area contributed by atoms with Crippen molar-refractivity contribution in [3.8, 4) is 0 Å². The van der Waals surface area contributed by atoms with Crippen molar-refractivity contribution in [2.75, 3.05) is 0 Å².